The molecule has 2 amide bonds. The number of hydrogen-bond acceptors (Lipinski definition) is 5. The number of rotatable bonds is 3. The van der Waals surface area contributed by atoms with Gasteiger partial charge in [-0.1, -0.05) is 23.8 Å². The van der Waals surface area contributed by atoms with Crippen LogP contribution in [0.15, 0.2) is 30.4 Å². The highest BCUT2D eigenvalue weighted by Crippen LogP contribution is 2.53. The number of hydrogen-bond donors (Lipinski definition) is 1. The van der Waals surface area contributed by atoms with Crippen LogP contribution in [-0.2, 0) is 14.3 Å². The summed E-state index contributed by atoms with van der Waals surface area (Å²) < 4.78 is 10.9. The Kier molecular flexibility index (Phi) is 3.07. The molecule has 4 rings (SSSR count). The predicted molar refractivity (Wildman–Crippen MR) is 81.3 cm³/mol. The van der Waals surface area contributed by atoms with Crippen LogP contribution in [0.2, 0.25) is 5.02 Å². The topological polar surface area (TPSA) is 76.1 Å². The fraction of sp³-hybridized carbons (Fsp3) is 0.375. The lowest BCUT2D eigenvalue weighted by molar-refractivity contribution is -0.128. The van der Waals surface area contributed by atoms with Crippen LogP contribution in [0.25, 0.3) is 0 Å². The first kappa shape index (κ1) is 14.7. The number of carbonyl (C=O) groups excluding carboxylic acids is 2. The van der Waals surface area contributed by atoms with Crippen molar-refractivity contribution < 1.29 is 24.2 Å². The smallest absolute Gasteiger partial charge is 0.241 e. The van der Waals surface area contributed by atoms with E-state index < -0.39 is 29.4 Å². The number of imide groups is 1. The standard InChI is InChI=1S/C16H14ClNO5/c1-22-10-3-2-8(17)6-9(10)18-14(20)12-11-4-5-16(7-19,23-11)13(12)15(18)21/h2-6,11-13,19H,7H2,1H3/t11-,12+,13+,16+/m1/s1. The van der Waals surface area contributed by atoms with Gasteiger partial charge in [0, 0.05) is 5.02 Å². The van der Waals surface area contributed by atoms with E-state index in [4.69, 9.17) is 21.1 Å². The minimum absolute atomic E-state index is 0.317. The molecule has 4 atom stereocenters. The molecule has 0 spiro atoms. The Hall–Kier alpha value is -1.89. The second kappa shape index (κ2) is 4.80. The molecule has 2 saturated heterocycles. The van der Waals surface area contributed by atoms with Crippen molar-refractivity contribution in [3.63, 3.8) is 0 Å². The minimum Gasteiger partial charge on any atom is -0.495 e. The highest BCUT2D eigenvalue weighted by molar-refractivity contribution is 6.31. The summed E-state index contributed by atoms with van der Waals surface area (Å²) in [5.74, 6) is -1.72. The monoisotopic (exact) mass is 335 g/mol. The quantitative estimate of drug-likeness (QED) is 0.662. The van der Waals surface area contributed by atoms with Gasteiger partial charge in [0.15, 0.2) is 0 Å². The number of carbonyl (C=O) groups is 2. The molecule has 6 nitrogen and oxygen atoms in total. The number of nitrogens with zero attached hydrogens (tertiary/aromatic N) is 1. The molecule has 2 bridgehead atoms. The van der Waals surface area contributed by atoms with Crippen LogP contribution in [-0.4, -0.2) is 42.3 Å². The van der Waals surface area contributed by atoms with Gasteiger partial charge in [0.05, 0.1) is 37.3 Å². The highest BCUT2D eigenvalue weighted by atomic mass is 35.5. The van der Waals surface area contributed by atoms with Gasteiger partial charge >= 0.3 is 0 Å². The summed E-state index contributed by atoms with van der Waals surface area (Å²) in [7, 11) is 1.46. The second-order valence-corrected chi connectivity index (χ2v) is 6.32. The number of fused-ring (bicyclic) bond motifs is 5. The average Bonchev–Trinajstić information content (AvgIpc) is 3.18. The Morgan fingerprint density at radius 3 is 2.87 bits per heavy atom. The zero-order valence-corrected chi connectivity index (χ0v) is 13.0. The molecule has 7 heteroatoms. The molecular formula is C16H14ClNO5. The Morgan fingerprint density at radius 1 is 1.39 bits per heavy atom. The third kappa shape index (κ3) is 1.77. The number of anilines is 1. The number of aliphatic hydroxyl groups excluding tert-OH is 1. The van der Waals surface area contributed by atoms with E-state index in [2.05, 4.69) is 0 Å². The highest BCUT2D eigenvalue weighted by Gasteiger charge is 2.67. The van der Waals surface area contributed by atoms with E-state index in [1.165, 1.54) is 13.2 Å². The molecule has 3 aliphatic rings. The summed E-state index contributed by atoms with van der Waals surface area (Å²) in [6, 6.07) is 4.76. The van der Waals surface area contributed by atoms with Crippen LogP contribution in [0.4, 0.5) is 5.69 Å². The molecule has 0 unspecified atom stereocenters. The number of amides is 2. The molecule has 1 aromatic rings. The number of aliphatic hydroxyl groups is 1. The van der Waals surface area contributed by atoms with Gasteiger partial charge in [-0.05, 0) is 18.2 Å². The molecule has 0 saturated carbocycles. The van der Waals surface area contributed by atoms with Crippen molar-refractivity contribution in [1.29, 1.82) is 0 Å². The lowest BCUT2D eigenvalue weighted by atomic mass is 9.77. The molecular weight excluding hydrogens is 322 g/mol. The Bertz CT molecular complexity index is 748. The molecule has 2 fully saturated rings. The summed E-state index contributed by atoms with van der Waals surface area (Å²) in [5.41, 5.74) is -0.792. The Balaban J connectivity index is 1.81. The van der Waals surface area contributed by atoms with E-state index in [0.717, 1.165) is 4.90 Å². The van der Waals surface area contributed by atoms with Gasteiger partial charge in [-0.2, -0.15) is 0 Å². The van der Waals surface area contributed by atoms with Gasteiger partial charge in [-0.25, -0.2) is 4.90 Å². The maximum Gasteiger partial charge on any atom is 0.241 e. The zero-order valence-electron chi connectivity index (χ0n) is 12.2. The predicted octanol–water partition coefficient (Wildman–Crippen LogP) is 1.15. The molecule has 3 aliphatic heterocycles. The number of benzene rings is 1. The largest absolute Gasteiger partial charge is 0.495 e. The van der Waals surface area contributed by atoms with Gasteiger partial charge < -0.3 is 14.6 Å². The van der Waals surface area contributed by atoms with Crippen LogP contribution >= 0.6 is 11.6 Å². The van der Waals surface area contributed by atoms with Crippen LogP contribution in [0, 0.1) is 11.8 Å². The van der Waals surface area contributed by atoms with Crippen molar-refractivity contribution in [2.24, 2.45) is 11.8 Å². The molecule has 0 radical (unpaired) electrons. The van der Waals surface area contributed by atoms with Gasteiger partial charge in [-0.15, -0.1) is 0 Å². The van der Waals surface area contributed by atoms with Crippen molar-refractivity contribution in [3.05, 3.63) is 35.4 Å². The molecule has 0 aromatic heterocycles. The first-order valence-electron chi connectivity index (χ1n) is 7.22. The van der Waals surface area contributed by atoms with Crippen molar-refractivity contribution in [2.45, 2.75) is 11.7 Å². The number of ether oxygens (including phenoxy) is 2. The molecule has 0 aliphatic carbocycles. The summed E-state index contributed by atoms with van der Waals surface area (Å²) in [5, 5.41) is 10.1. The fourth-order valence-corrected chi connectivity index (χ4v) is 3.93. The van der Waals surface area contributed by atoms with E-state index in [1.54, 1.807) is 24.3 Å². The molecule has 1 N–H and O–H groups in total. The van der Waals surface area contributed by atoms with Crippen LogP contribution in [0.1, 0.15) is 0 Å². The van der Waals surface area contributed by atoms with E-state index >= 15 is 0 Å². The van der Waals surface area contributed by atoms with Crippen LogP contribution in [0.3, 0.4) is 0 Å². The van der Waals surface area contributed by atoms with Crippen molar-refractivity contribution in [1.82, 2.24) is 0 Å². The minimum atomic E-state index is -1.11. The number of methoxy groups -OCH3 is 1. The third-order valence-electron chi connectivity index (χ3n) is 4.78. The fourth-order valence-electron chi connectivity index (χ4n) is 3.76. The number of halogens is 1. The molecule has 3 heterocycles. The van der Waals surface area contributed by atoms with Gasteiger partial charge in [0.2, 0.25) is 11.8 Å². The molecule has 120 valence electrons. The lowest BCUT2D eigenvalue weighted by Crippen LogP contribution is -2.43. The Labute approximate surface area is 137 Å². The van der Waals surface area contributed by atoms with E-state index in [9.17, 15) is 14.7 Å². The summed E-state index contributed by atoms with van der Waals surface area (Å²) in [6.45, 7) is -0.347. The average molecular weight is 336 g/mol. The van der Waals surface area contributed by atoms with E-state index in [0.29, 0.717) is 16.5 Å². The van der Waals surface area contributed by atoms with Gasteiger partial charge in [0.1, 0.15) is 11.4 Å². The summed E-state index contributed by atoms with van der Waals surface area (Å²) in [6.07, 6.45) is 2.93. The van der Waals surface area contributed by atoms with Gasteiger partial charge in [0.25, 0.3) is 0 Å². The molecule has 1 aromatic carbocycles. The van der Waals surface area contributed by atoms with E-state index in [-0.39, 0.29) is 12.5 Å². The summed E-state index contributed by atoms with van der Waals surface area (Å²) >= 11 is 6.01. The van der Waals surface area contributed by atoms with Gasteiger partial charge in [-0.3, -0.25) is 9.59 Å². The lowest BCUT2D eigenvalue weighted by Gasteiger charge is -2.26. The van der Waals surface area contributed by atoms with E-state index in [1.807, 2.05) is 0 Å². The van der Waals surface area contributed by atoms with Crippen LogP contribution in [0.5, 0.6) is 5.75 Å². The maximum atomic E-state index is 12.9. The SMILES string of the molecule is COc1ccc(Cl)cc1N1C(=O)[C@@H]2[C@@H](C1=O)[C@@]1(CO)C=C[C@H]2O1. The van der Waals surface area contributed by atoms with Crippen molar-refractivity contribution in [2.75, 3.05) is 18.6 Å². The molecule has 23 heavy (non-hydrogen) atoms. The van der Waals surface area contributed by atoms with Crippen molar-refractivity contribution >= 4 is 29.1 Å². The first-order valence-corrected chi connectivity index (χ1v) is 7.59. The summed E-state index contributed by atoms with van der Waals surface area (Å²) in [4.78, 5) is 26.9. The third-order valence-corrected chi connectivity index (χ3v) is 5.02. The zero-order chi connectivity index (χ0) is 16.4. The first-order chi connectivity index (χ1) is 11.0. The maximum absolute atomic E-state index is 12.9. The second-order valence-electron chi connectivity index (χ2n) is 5.89. The normalized spacial score (nSPS) is 34.4. The van der Waals surface area contributed by atoms with Crippen LogP contribution < -0.4 is 9.64 Å². The Morgan fingerprint density at radius 2 is 2.17 bits per heavy atom. The van der Waals surface area contributed by atoms with Crippen molar-refractivity contribution in [3.8, 4) is 5.75 Å².